The van der Waals surface area contributed by atoms with Gasteiger partial charge in [-0.1, -0.05) is 22.0 Å². The number of rotatable bonds is 4. The smallest absolute Gasteiger partial charge is 0.298 e. The quantitative estimate of drug-likeness (QED) is 0.593. The van der Waals surface area contributed by atoms with E-state index in [0.29, 0.717) is 10.0 Å². The molecule has 0 aliphatic rings. The van der Waals surface area contributed by atoms with Crippen molar-refractivity contribution < 1.29 is 18.0 Å². The molecule has 0 bridgehead atoms. The van der Waals surface area contributed by atoms with Crippen molar-refractivity contribution in [3.8, 4) is 0 Å². The number of carbonyl (C=O) groups excluding carboxylic acids is 1. The second-order valence-electron chi connectivity index (χ2n) is 3.15. The van der Waals surface area contributed by atoms with Gasteiger partial charge in [0.25, 0.3) is 0 Å². The molecule has 1 aromatic carbocycles. The average molecular weight is 348 g/mol. The summed E-state index contributed by atoms with van der Waals surface area (Å²) in [6, 6.07) is 4.16. The predicted octanol–water partition coefficient (Wildman–Crippen LogP) is 4.41. The van der Waals surface area contributed by atoms with Crippen LogP contribution in [0.5, 0.6) is 0 Å². The fourth-order valence-corrected chi connectivity index (χ4v) is 2.47. The molecule has 0 saturated carbocycles. The van der Waals surface area contributed by atoms with Gasteiger partial charge in [-0.25, -0.2) is 0 Å². The summed E-state index contributed by atoms with van der Waals surface area (Å²) in [4.78, 5) is 11.2. The summed E-state index contributed by atoms with van der Waals surface area (Å²) in [5.74, 6) is -0.283. The lowest BCUT2D eigenvalue weighted by Gasteiger charge is -2.08. The van der Waals surface area contributed by atoms with Crippen LogP contribution in [0.2, 0.25) is 0 Å². The topological polar surface area (TPSA) is 17.1 Å². The number of hydrogen-bond acceptors (Lipinski definition) is 2. The third kappa shape index (κ3) is 5.31. The van der Waals surface area contributed by atoms with Gasteiger partial charge in [0.15, 0.2) is 5.78 Å². The van der Waals surface area contributed by atoms with Gasteiger partial charge >= 0.3 is 5.51 Å². The highest BCUT2D eigenvalue weighted by Crippen LogP contribution is 2.38. The van der Waals surface area contributed by atoms with Crippen molar-refractivity contribution >= 4 is 45.1 Å². The SMILES string of the molecule is O=C(CCl)Cc1ccc(SC(F)(F)F)cc1Br. The van der Waals surface area contributed by atoms with Gasteiger partial charge < -0.3 is 0 Å². The zero-order valence-corrected chi connectivity index (χ0v) is 11.5. The van der Waals surface area contributed by atoms with Crippen LogP contribution in [-0.4, -0.2) is 17.2 Å². The predicted molar refractivity (Wildman–Crippen MR) is 65.5 cm³/mol. The molecule has 94 valence electrons. The molecule has 0 fully saturated rings. The monoisotopic (exact) mass is 346 g/mol. The Morgan fingerprint density at radius 2 is 2.06 bits per heavy atom. The molecule has 0 N–H and O–H groups in total. The van der Waals surface area contributed by atoms with E-state index in [4.69, 9.17) is 11.6 Å². The molecule has 0 saturated heterocycles. The molecule has 1 nitrogen and oxygen atoms in total. The highest BCUT2D eigenvalue weighted by atomic mass is 79.9. The molecule has 1 rings (SSSR count). The molecular weight excluding hydrogens is 341 g/mol. The lowest BCUT2D eigenvalue weighted by Crippen LogP contribution is -2.04. The summed E-state index contributed by atoms with van der Waals surface area (Å²) in [5.41, 5.74) is -3.69. The van der Waals surface area contributed by atoms with Crippen LogP contribution < -0.4 is 0 Å². The van der Waals surface area contributed by atoms with Crippen molar-refractivity contribution in [2.45, 2.75) is 16.8 Å². The van der Waals surface area contributed by atoms with Gasteiger partial charge in [0.2, 0.25) is 0 Å². The molecular formula is C10H7BrClF3OS. The van der Waals surface area contributed by atoms with Crippen LogP contribution in [0.25, 0.3) is 0 Å². The van der Waals surface area contributed by atoms with E-state index in [2.05, 4.69) is 15.9 Å². The van der Waals surface area contributed by atoms with E-state index in [0.717, 1.165) is 0 Å². The van der Waals surface area contributed by atoms with E-state index in [-0.39, 0.29) is 34.7 Å². The molecule has 0 unspecified atom stereocenters. The molecule has 7 heteroatoms. The normalized spacial score (nSPS) is 11.6. The molecule has 0 amide bonds. The van der Waals surface area contributed by atoms with E-state index in [9.17, 15) is 18.0 Å². The zero-order chi connectivity index (χ0) is 13.1. The van der Waals surface area contributed by atoms with Gasteiger partial charge in [0.05, 0.1) is 5.88 Å². The van der Waals surface area contributed by atoms with Crippen molar-refractivity contribution in [2.24, 2.45) is 0 Å². The minimum absolute atomic E-state index is 0.0754. The van der Waals surface area contributed by atoms with Crippen molar-refractivity contribution in [1.82, 2.24) is 0 Å². The molecule has 0 aliphatic carbocycles. The van der Waals surface area contributed by atoms with Crippen molar-refractivity contribution in [3.63, 3.8) is 0 Å². The minimum atomic E-state index is -4.31. The fraction of sp³-hybridized carbons (Fsp3) is 0.300. The van der Waals surface area contributed by atoms with Crippen LogP contribution in [0.4, 0.5) is 13.2 Å². The summed E-state index contributed by atoms with van der Waals surface area (Å²) in [6.45, 7) is 0. The second-order valence-corrected chi connectivity index (χ2v) is 5.41. The van der Waals surface area contributed by atoms with E-state index in [1.165, 1.54) is 18.2 Å². The number of benzene rings is 1. The van der Waals surface area contributed by atoms with E-state index in [1.54, 1.807) is 0 Å². The molecule has 0 atom stereocenters. The summed E-state index contributed by atoms with van der Waals surface area (Å²) >= 11 is 8.30. The highest BCUT2D eigenvalue weighted by Gasteiger charge is 2.29. The Bertz CT molecular complexity index is 423. The Kier molecular flexibility index (Phi) is 5.34. The maximum Gasteiger partial charge on any atom is 0.446 e. The Morgan fingerprint density at radius 1 is 1.41 bits per heavy atom. The average Bonchev–Trinajstić information content (AvgIpc) is 2.19. The van der Waals surface area contributed by atoms with E-state index in [1.807, 2.05) is 0 Å². The van der Waals surface area contributed by atoms with E-state index >= 15 is 0 Å². The lowest BCUT2D eigenvalue weighted by molar-refractivity contribution is -0.116. The number of hydrogen-bond donors (Lipinski definition) is 0. The molecule has 0 radical (unpaired) electrons. The Hall–Kier alpha value is -0.200. The summed E-state index contributed by atoms with van der Waals surface area (Å²) in [6.07, 6.45) is 0.112. The number of halogens is 5. The number of alkyl halides is 4. The lowest BCUT2D eigenvalue weighted by atomic mass is 10.1. The van der Waals surface area contributed by atoms with Crippen LogP contribution in [0, 0.1) is 0 Å². The first-order chi connectivity index (χ1) is 7.81. The molecule has 0 spiro atoms. The number of Topliss-reactive ketones (excluding diaryl/α,β-unsaturated/α-hetero) is 1. The van der Waals surface area contributed by atoms with Gasteiger partial charge in [-0.3, -0.25) is 4.79 Å². The summed E-state index contributed by atoms with van der Waals surface area (Å²) in [5, 5.41) is 0. The molecule has 1 aromatic rings. The maximum atomic E-state index is 12.1. The highest BCUT2D eigenvalue weighted by molar-refractivity contribution is 9.10. The molecule has 0 heterocycles. The first kappa shape index (κ1) is 14.9. The van der Waals surface area contributed by atoms with E-state index < -0.39 is 5.51 Å². The zero-order valence-electron chi connectivity index (χ0n) is 8.35. The summed E-state index contributed by atoms with van der Waals surface area (Å²) in [7, 11) is 0. The standard InChI is InChI=1S/C10H7BrClF3OS/c11-9-4-8(17-10(13,14)15)2-1-6(9)3-7(16)5-12/h1-2,4H,3,5H2. The van der Waals surface area contributed by atoms with Crippen LogP contribution in [0.1, 0.15) is 5.56 Å². The minimum Gasteiger partial charge on any atom is -0.298 e. The maximum absolute atomic E-state index is 12.1. The Morgan fingerprint density at radius 3 is 2.53 bits per heavy atom. The number of thioether (sulfide) groups is 1. The summed E-state index contributed by atoms with van der Waals surface area (Å²) < 4.78 is 36.8. The van der Waals surface area contributed by atoms with Crippen LogP contribution in [0.15, 0.2) is 27.6 Å². The van der Waals surface area contributed by atoms with Gasteiger partial charge in [0.1, 0.15) is 0 Å². The van der Waals surface area contributed by atoms with Crippen LogP contribution in [0.3, 0.4) is 0 Å². The number of carbonyl (C=O) groups is 1. The van der Waals surface area contributed by atoms with Gasteiger partial charge in [0, 0.05) is 15.8 Å². The van der Waals surface area contributed by atoms with Crippen molar-refractivity contribution in [2.75, 3.05) is 5.88 Å². The second kappa shape index (κ2) is 6.11. The molecule has 0 aromatic heterocycles. The van der Waals surface area contributed by atoms with Gasteiger partial charge in [-0.15, -0.1) is 11.6 Å². The Balaban J connectivity index is 2.83. The largest absolute Gasteiger partial charge is 0.446 e. The first-order valence-electron chi connectivity index (χ1n) is 4.43. The fourth-order valence-electron chi connectivity index (χ4n) is 1.13. The van der Waals surface area contributed by atoms with Crippen LogP contribution in [-0.2, 0) is 11.2 Å². The van der Waals surface area contributed by atoms with Gasteiger partial charge in [-0.05, 0) is 29.5 Å². The first-order valence-corrected chi connectivity index (χ1v) is 6.58. The third-order valence-electron chi connectivity index (χ3n) is 1.79. The van der Waals surface area contributed by atoms with Crippen molar-refractivity contribution in [3.05, 3.63) is 28.2 Å². The third-order valence-corrected chi connectivity index (χ3v) is 3.55. The number of ketones is 1. The van der Waals surface area contributed by atoms with Crippen molar-refractivity contribution in [1.29, 1.82) is 0 Å². The molecule has 17 heavy (non-hydrogen) atoms. The van der Waals surface area contributed by atoms with Crippen LogP contribution >= 0.6 is 39.3 Å². The molecule has 0 aliphatic heterocycles. The Labute approximate surface area is 114 Å². The van der Waals surface area contributed by atoms with Gasteiger partial charge in [-0.2, -0.15) is 13.2 Å².